The number of rotatable bonds is 4. The second-order valence-corrected chi connectivity index (χ2v) is 7.05. The van der Waals surface area contributed by atoms with Crippen LogP contribution in [0.15, 0.2) is 4.90 Å². The molecule has 0 radical (unpaired) electrons. The van der Waals surface area contributed by atoms with E-state index in [1.165, 1.54) is 0 Å². The molecule has 0 fully saturated rings. The van der Waals surface area contributed by atoms with Gasteiger partial charge in [0.25, 0.3) is 0 Å². The van der Waals surface area contributed by atoms with Crippen LogP contribution >= 0.6 is 0 Å². The van der Waals surface area contributed by atoms with Crippen LogP contribution in [0.25, 0.3) is 0 Å². The van der Waals surface area contributed by atoms with Crippen molar-refractivity contribution in [2.75, 3.05) is 13.6 Å². The van der Waals surface area contributed by atoms with Gasteiger partial charge in [0.2, 0.25) is 5.82 Å². The predicted molar refractivity (Wildman–Crippen MR) is 71.1 cm³/mol. The minimum absolute atomic E-state index is 0.604. The number of esters is 1. The molecule has 0 aromatic heterocycles. The Kier molecular flexibility index (Phi) is 5.86. The number of carbonyl (C=O) groups is 1. The number of ether oxygens (including phenoxy) is 1. The Bertz CT molecular complexity index is 631. The molecule has 0 saturated carbocycles. The molecule has 1 atom stereocenters. The quantitative estimate of drug-likeness (QED) is 0.359. The third kappa shape index (κ3) is 4.47. The summed E-state index contributed by atoms with van der Waals surface area (Å²) in [5, 5.41) is 0. The van der Waals surface area contributed by atoms with E-state index in [0.29, 0.717) is 4.31 Å². The van der Waals surface area contributed by atoms with Crippen molar-refractivity contribution >= 4 is 17.0 Å². The molecule has 0 aliphatic carbocycles. The molecule has 10 heteroatoms. The van der Waals surface area contributed by atoms with Gasteiger partial charge in [0.1, 0.15) is 28.0 Å². The van der Waals surface area contributed by atoms with Gasteiger partial charge in [-0.15, -0.1) is 0 Å². The largest absolute Gasteiger partial charge is 0.459 e. The normalized spacial score (nSPS) is 13.3. The molecule has 0 saturated heterocycles. The van der Waals surface area contributed by atoms with Crippen molar-refractivity contribution in [3.8, 4) is 0 Å². The standard InChI is InChI=1S/C13H14F5NO3S/c1-13(2,3)22-6(20)5-19(4)23(21)12-10(17)8(15)7(14)9(16)11(12)18/h5H2,1-4H3. The van der Waals surface area contributed by atoms with Crippen LogP contribution in [0.3, 0.4) is 0 Å². The lowest BCUT2D eigenvalue weighted by Crippen LogP contribution is -2.34. The molecule has 1 aromatic rings. The van der Waals surface area contributed by atoms with Crippen LogP contribution in [-0.4, -0.2) is 33.7 Å². The van der Waals surface area contributed by atoms with Crippen LogP contribution in [-0.2, 0) is 20.5 Å². The molecule has 0 heterocycles. The maximum Gasteiger partial charge on any atom is 0.321 e. The van der Waals surface area contributed by atoms with E-state index >= 15 is 0 Å². The number of halogens is 5. The van der Waals surface area contributed by atoms with Crippen molar-refractivity contribution in [1.29, 1.82) is 0 Å². The third-order valence-corrected chi connectivity index (χ3v) is 3.80. The van der Waals surface area contributed by atoms with Crippen LogP contribution in [0.2, 0.25) is 0 Å². The van der Waals surface area contributed by atoms with E-state index in [4.69, 9.17) is 4.74 Å². The summed E-state index contributed by atoms with van der Waals surface area (Å²) < 4.78 is 83.8. The minimum atomic E-state index is -2.79. The SMILES string of the molecule is CN(CC(=O)OC(C)(C)C)S(=O)c1c(F)c(F)c(F)c(F)c1F. The van der Waals surface area contributed by atoms with E-state index in [9.17, 15) is 31.0 Å². The van der Waals surface area contributed by atoms with E-state index in [2.05, 4.69) is 0 Å². The van der Waals surface area contributed by atoms with Gasteiger partial charge in [0.05, 0.1) is 0 Å². The highest BCUT2D eigenvalue weighted by Gasteiger charge is 2.31. The summed E-state index contributed by atoms with van der Waals surface area (Å²) in [6.45, 7) is 4.01. The topological polar surface area (TPSA) is 46.6 Å². The second kappa shape index (κ2) is 6.91. The van der Waals surface area contributed by atoms with Crippen LogP contribution in [0.5, 0.6) is 0 Å². The summed E-state index contributed by atoms with van der Waals surface area (Å²) in [7, 11) is -1.78. The molecule has 0 N–H and O–H groups in total. The lowest BCUT2D eigenvalue weighted by Gasteiger charge is -2.22. The van der Waals surface area contributed by atoms with Crippen molar-refractivity contribution in [2.45, 2.75) is 31.3 Å². The fourth-order valence-corrected chi connectivity index (χ4v) is 2.53. The van der Waals surface area contributed by atoms with Gasteiger partial charge >= 0.3 is 5.97 Å². The first-order valence-corrected chi connectivity index (χ1v) is 7.33. The Hall–Kier alpha value is -1.55. The summed E-state index contributed by atoms with van der Waals surface area (Å²) in [6, 6.07) is 0. The summed E-state index contributed by atoms with van der Waals surface area (Å²) in [5.74, 6) is -12.1. The molecular weight excluding hydrogens is 345 g/mol. The Labute approximate surface area is 131 Å². The summed E-state index contributed by atoms with van der Waals surface area (Å²) in [5.41, 5.74) is -0.857. The highest BCUT2D eigenvalue weighted by Crippen LogP contribution is 2.26. The first-order chi connectivity index (χ1) is 10.4. The number of benzene rings is 1. The zero-order valence-electron chi connectivity index (χ0n) is 12.7. The Morgan fingerprint density at radius 3 is 1.78 bits per heavy atom. The third-order valence-electron chi connectivity index (χ3n) is 2.40. The molecule has 1 aromatic carbocycles. The molecule has 0 spiro atoms. The monoisotopic (exact) mass is 359 g/mol. The number of likely N-dealkylation sites (N-methyl/N-ethyl adjacent to an activating group) is 1. The highest BCUT2D eigenvalue weighted by atomic mass is 32.2. The summed E-state index contributed by atoms with van der Waals surface area (Å²) in [6.07, 6.45) is 0. The molecule has 1 rings (SSSR count). The molecule has 0 bridgehead atoms. The predicted octanol–water partition coefficient (Wildman–Crippen LogP) is 2.68. The average Bonchev–Trinajstić information content (AvgIpc) is 2.40. The van der Waals surface area contributed by atoms with Gasteiger partial charge in [-0.1, -0.05) is 0 Å². The molecule has 0 aliphatic rings. The van der Waals surface area contributed by atoms with E-state index in [-0.39, 0.29) is 0 Å². The highest BCUT2D eigenvalue weighted by molar-refractivity contribution is 7.82. The molecule has 0 amide bonds. The molecular formula is C13H14F5NO3S. The van der Waals surface area contributed by atoms with Gasteiger partial charge in [-0.25, -0.2) is 30.5 Å². The van der Waals surface area contributed by atoms with Crippen molar-refractivity contribution < 1.29 is 35.7 Å². The van der Waals surface area contributed by atoms with E-state index in [1.54, 1.807) is 20.8 Å². The summed E-state index contributed by atoms with van der Waals surface area (Å²) in [4.78, 5) is 10.0. The molecule has 23 heavy (non-hydrogen) atoms. The van der Waals surface area contributed by atoms with E-state index in [0.717, 1.165) is 7.05 Å². The minimum Gasteiger partial charge on any atom is -0.459 e. The van der Waals surface area contributed by atoms with Crippen LogP contribution < -0.4 is 0 Å². The van der Waals surface area contributed by atoms with Gasteiger partial charge in [-0.05, 0) is 20.8 Å². The molecule has 0 aliphatic heterocycles. The van der Waals surface area contributed by atoms with Crippen molar-refractivity contribution in [3.05, 3.63) is 29.1 Å². The fourth-order valence-electron chi connectivity index (χ4n) is 1.51. The fraction of sp³-hybridized carbons (Fsp3) is 0.462. The van der Waals surface area contributed by atoms with Crippen LogP contribution in [0, 0.1) is 29.1 Å². The number of hydrogen-bond donors (Lipinski definition) is 0. The lowest BCUT2D eigenvalue weighted by atomic mass is 10.2. The second-order valence-electron chi connectivity index (χ2n) is 5.52. The van der Waals surface area contributed by atoms with Gasteiger partial charge in [0.15, 0.2) is 23.3 Å². The Morgan fingerprint density at radius 2 is 1.39 bits per heavy atom. The Balaban J connectivity index is 3.09. The first kappa shape index (κ1) is 19.5. The zero-order chi connectivity index (χ0) is 18.1. The first-order valence-electron chi connectivity index (χ1n) is 6.23. The van der Waals surface area contributed by atoms with Crippen LogP contribution in [0.4, 0.5) is 22.0 Å². The van der Waals surface area contributed by atoms with E-state index in [1.807, 2.05) is 0 Å². The zero-order valence-corrected chi connectivity index (χ0v) is 13.5. The van der Waals surface area contributed by atoms with E-state index < -0.39 is 63.1 Å². The smallest absolute Gasteiger partial charge is 0.321 e. The molecule has 130 valence electrons. The molecule has 1 unspecified atom stereocenters. The van der Waals surface area contributed by atoms with Gasteiger partial charge in [-0.2, -0.15) is 0 Å². The van der Waals surface area contributed by atoms with Gasteiger partial charge < -0.3 is 4.74 Å². The Morgan fingerprint density at radius 1 is 1.00 bits per heavy atom. The lowest BCUT2D eigenvalue weighted by molar-refractivity contribution is -0.154. The summed E-state index contributed by atoms with van der Waals surface area (Å²) >= 11 is 0. The van der Waals surface area contributed by atoms with Gasteiger partial charge in [-0.3, -0.25) is 4.79 Å². The van der Waals surface area contributed by atoms with Crippen molar-refractivity contribution in [3.63, 3.8) is 0 Å². The van der Waals surface area contributed by atoms with Crippen molar-refractivity contribution in [1.82, 2.24) is 4.31 Å². The number of carbonyl (C=O) groups excluding carboxylic acids is 1. The maximum atomic E-state index is 13.6. The maximum absolute atomic E-state index is 13.6. The van der Waals surface area contributed by atoms with Gasteiger partial charge in [0, 0.05) is 7.05 Å². The van der Waals surface area contributed by atoms with Crippen molar-refractivity contribution in [2.24, 2.45) is 0 Å². The number of nitrogens with zero attached hydrogens (tertiary/aromatic N) is 1. The average molecular weight is 359 g/mol. The molecule has 4 nitrogen and oxygen atoms in total. The van der Waals surface area contributed by atoms with Crippen LogP contribution in [0.1, 0.15) is 20.8 Å². The number of hydrogen-bond acceptors (Lipinski definition) is 3.